The van der Waals surface area contributed by atoms with Gasteiger partial charge in [-0.05, 0) is 75.4 Å². The van der Waals surface area contributed by atoms with Crippen molar-refractivity contribution < 1.29 is 32.0 Å². The van der Waals surface area contributed by atoms with Crippen LogP contribution in [-0.2, 0) is 19.6 Å². The first kappa shape index (κ1) is 29.6. The van der Waals surface area contributed by atoms with Crippen molar-refractivity contribution in [3.63, 3.8) is 0 Å². The second kappa shape index (κ2) is 11.7. The van der Waals surface area contributed by atoms with E-state index in [0.29, 0.717) is 29.1 Å². The molecular weight excluding hydrogens is 560 g/mol. The Hall–Kier alpha value is -3.93. The molecule has 0 unspecified atom stereocenters. The Morgan fingerprint density at radius 2 is 1.79 bits per heavy atom. The molecule has 1 aliphatic heterocycles. The maximum atomic E-state index is 13.8. The number of anilines is 1. The quantitative estimate of drug-likeness (QED) is 0.400. The second-order valence-corrected chi connectivity index (χ2v) is 13.6. The molecule has 12 heteroatoms. The molecule has 1 aromatic carbocycles. The predicted molar refractivity (Wildman–Crippen MR) is 155 cm³/mol. The number of carbonyl (C=O) groups is 3. The van der Waals surface area contributed by atoms with Crippen molar-refractivity contribution in [3.05, 3.63) is 54.4 Å². The van der Waals surface area contributed by atoms with E-state index in [-0.39, 0.29) is 22.6 Å². The summed E-state index contributed by atoms with van der Waals surface area (Å²) in [7, 11) is -4.19. The third-order valence-electron chi connectivity index (χ3n) is 7.74. The Morgan fingerprint density at radius 3 is 2.48 bits per heavy atom. The fourth-order valence-corrected chi connectivity index (χ4v) is 6.82. The number of nitrogens with one attached hydrogen (secondary N) is 2. The van der Waals surface area contributed by atoms with Crippen molar-refractivity contribution in [2.45, 2.75) is 76.0 Å². The van der Waals surface area contributed by atoms with Gasteiger partial charge in [-0.2, -0.15) is 8.42 Å². The van der Waals surface area contributed by atoms with Gasteiger partial charge in [0.2, 0.25) is 5.91 Å². The van der Waals surface area contributed by atoms with E-state index in [2.05, 4.69) is 10.3 Å². The number of sulfonamides is 1. The van der Waals surface area contributed by atoms with Gasteiger partial charge in [-0.3, -0.25) is 14.5 Å². The number of hydrogen-bond acceptors (Lipinski definition) is 8. The SMILES string of the molecule is CC(C)(C)OC(=O)N1CC[C@@H](C2CCCCC2)[C@H]1C(=O)Nc1ccc2oc(C(=O)NS(=O)(=O)c3ccccn3)cc2c1. The molecule has 2 N–H and O–H groups in total. The molecule has 5 rings (SSSR count). The van der Waals surface area contributed by atoms with Crippen molar-refractivity contribution in [2.24, 2.45) is 11.8 Å². The molecule has 1 aliphatic carbocycles. The number of pyridine rings is 1. The predicted octanol–water partition coefficient (Wildman–Crippen LogP) is 5.09. The first-order chi connectivity index (χ1) is 19.9. The summed E-state index contributed by atoms with van der Waals surface area (Å²) in [5, 5.41) is 3.16. The molecular formula is C30H36N4O7S. The van der Waals surface area contributed by atoms with Crippen LogP contribution < -0.4 is 10.0 Å². The lowest BCUT2D eigenvalue weighted by atomic mass is 9.76. The number of hydrogen-bond donors (Lipinski definition) is 2. The molecule has 0 spiro atoms. The summed E-state index contributed by atoms with van der Waals surface area (Å²) in [6, 6.07) is 9.95. The molecule has 224 valence electrons. The molecule has 42 heavy (non-hydrogen) atoms. The van der Waals surface area contributed by atoms with E-state index in [4.69, 9.17) is 9.15 Å². The summed E-state index contributed by atoms with van der Waals surface area (Å²) in [5.74, 6) is -1.06. The highest BCUT2D eigenvalue weighted by Gasteiger charge is 2.46. The molecule has 2 aromatic heterocycles. The van der Waals surface area contributed by atoms with Crippen molar-refractivity contribution in [2.75, 3.05) is 11.9 Å². The van der Waals surface area contributed by atoms with Crippen LogP contribution in [0.3, 0.4) is 0 Å². The number of furan rings is 1. The number of carbonyl (C=O) groups excluding carboxylic acids is 3. The minimum absolute atomic E-state index is 0.0341. The topological polar surface area (TPSA) is 148 Å². The molecule has 3 aromatic rings. The van der Waals surface area contributed by atoms with Crippen LogP contribution in [0.25, 0.3) is 11.0 Å². The summed E-state index contributed by atoms with van der Waals surface area (Å²) >= 11 is 0. The highest BCUT2D eigenvalue weighted by molar-refractivity contribution is 7.90. The molecule has 2 fully saturated rings. The number of ether oxygens (including phenoxy) is 1. The fourth-order valence-electron chi connectivity index (χ4n) is 5.91. The zero-order valence-corrected chi connectivity index (χ0v) is 24.8. The van der Waals surface area contributed by atoms with E-state index in [1.54, 1.807) is 49.9 Å². The van der Waals surface area contributed by atoms with Gasteiger partial charge in [-0.25, -0.2) is 14.5 Å². The van der Waals surface area contributed by atoms with Crippen LogP contribution in [0.2, 0.25) is 0 Å². The normalized spacial score (nSPS) is 19.9. The standard InChI is InChI=1S/C30H36N4O7S/c1-30(2,3)41-29(37)34-16-14-22(19-9-5-4-6-10-19)26(34)28(36)32-21-12-13-23-20(17-21)18-24(40-23)27(35)33-42(38,39)25-11-7-8-15-31-25/h7-8,11-13,15,17-19,22,26H,4-6,9-10,14,16H2,1-3H3,(H,32,36)(H,33,35)/t22-,26-/m0/s1. The van der Waals surface area contributed by atoms with Crippen LogP contribution in [0.5, 0.6) is 0 Å². The molecule has 0 bridgehead atoms. The molecule has 1 saturated heterocycles. The summed E-state index contributed by atoms with van der Waals surface area (Å²) in [4.78, 5) is 44.9. The van der Waals surface area contributed by atoms with Crippen LogP contribution in [-0.4, -0.2) is 54.4 Å². The number of nitrogens with zero attached hydrogens (tertiary/aromatic N) is 2. The molecule has 2 atom stereocenters. The van der Waals surface area contributed by atoms with Gasteiger partial charge in [-0.1, -0.05) is 38.2 Å². The van der Waals surface area contributed by atoms with E-state index >= 15 is 0 Å². The lowest BCUT2D eigenvalue weighted by Crippen LogP contribution is -2.49. The molecule has 11 nitrogen and oxygen atoms in total. The number of aromatic nitrogens is 1. The monoisotopic (exact) mass is 596 g/mol. The van der Waals surface area contributed by atoms with E-state index < -0.39 is 33.7 Å². The molecule has 3 heterocycles. The van der Waals surface area contributed by atoms with Crippen molar-refractivity contribution >= 4 is 44.6 Å². The van der Waals surface area contributed by atoms with Crippen LogP contribution in [0.1, 0.15) is 69.9 Å². The van der Waals surface area contributed by atoms with Gasteiger partial charge in [0.05, 0.1) is 0 Å². The molecule has 2 aliphatic rings. The molecule has 1 saturated carbocycles. The van der Waals surface area contributed by atoms with Crippen LogP contribution in [0.4, 0.5) is 10.5 Å². The van der Waals surface area contributed by atoms with E-state index in [1.165, 1.54) is 30.8 Å². The highest BCUT2D eigenvalue weighted by atomic mass is 32.2. The maximum absolute atomic E-state index is 13.8. The minimum Gasteiger partial charge on any atom is -0.451 e. The number of likely N-dealkylation sites (tertiary alicyclic amines) is 1. The average molecular weight is 597 g/mol. The Kier molecular flexibility index (Phi) is 8.27. The van der Waals surface area contributed by atoms with Gasteiger partial charge in [0.1, 0.15) is 17.2 Å². The van der Waals surface area contributed by atoms with Gasteiger partial charge >= 0.3 is 12.0 Å². The fraction of sp³-hybridized carbons (Fsp3) is 0.467. The smallest absolute Gasteiger partial charge is 0.410 e. The zero-order valence-electron chi connectivity index (χ0n) is 24.0. The highest BCUT2D eigenvalue weighted by Crippen LogP contribution is 2.40. The average Bonchev–Trinajstić information content (AvgIpc) is 3.58. The van der Waals surface area contributed by atoms with Gasteiger partial charge in [0.25, 0.3) is 10.0 Å². The second-order valence-electron chi connectivity index (χ2n) is 11.9. The Balaban J connectivity index is 1.34. The first-order valence-corrected chi connectivity index (χ1v) is 15.7. The van der Waals surface area contributed by atoms with Crippen LogP contribution >= 0.6 is 0 Å². The Morgan fingerprint density at radius 1 is 1.02 bits per heavy atom. The number of fused-ring (bicyclic) bond motifs is 1. The van der Waals surface area contributed by atoms with Crippen molar-refractivity contribution in [3.8, 4) is 0 Å². The third kappa shape index (κ3) is 6.59. The zero-order chi connectivity index (χ0) is 30.1. The lowest BCUT2D eigenvalue weighted by molar-refractivity contribution is -0.122. The van der Waals surface area contributed by atoms with Gasteiger partial charge in [0.15, 0.2) is 10.8 Å². The first-order valence-electron chi connectivity index (χ1n) is 14.2. The maximum Gasteiger partial charge on any atom is 0.410 e. The Bertz CT molecular complexity index is 1570. The molecule has 0 radical (unpaired) electrons. The largest absolute Gasteiger partial charge is 0.451 e. The van der Waals surface area contributed by atoms with E-state index in [0.717, 1.165) is 32.1 Å². The summed E-state index contributed by atoms with van der Waals surface area (Å²) in [6.45, 7) is 5.86. The third-order valence-corrected chi connectivity index (χ3v) is 8.99. The van der Waals surface area contributed by atoms with Gasteiger partial charge < -0.3 is 14.5 Å². The van der Waals surface area contributed by atoms with Crippen molar-refractivity contribution in [1.29, 1.82) is 0 Å². The van der Waals surface area contributed by atoms with Gasteiger partial charge in [0, 0.05) is 23.8 Å². The summed E-state index contributed by atoms with van der Waals surface area (Å²) < 4.78 is 38.2. The molecule has 3 amide bonds. The van der Waals surface area contributed by atoms with Gasteiger partial charge in [-0.15, -0.1) is 0 Å². The summed E-state index contributed by atoms with van der Waals surface area (Å²) in [5.41, 5.74) is 0.110. The number of amides is 3. The van der Waals surface area contributed by atoms with Crippen LogP contribution in [0, 0.1) is 11.8 Å². The number of benzene rings is 1. The van der Waals surface area contributed by atoms with E-state index in [1.807, 2.05) is 4.72 Å². The lowest BCUT2D eigenvalue weighted by Gasteiger charge is -2.34. The minimum atomic E-state index is -4.19. The Labute approximate surface area is 245 Å². The number of rotatable bonds is 6. The summed E-state index contributed by atoms with van der Waals surface area (Å²) in [6.07, 6.45) is 7.07. The van der Waals surface area contributed by atoms with Crippen molar-refractivity contribution in [1.82, 2.24) is 14.6 Å². The van der Waals surface area contributed by atoms with E-state index in [9.17, 15) is 22.8 Å². The van der Waals surface area contributed by atoms with Crippen LogP contribution in [0.15, 0.2) is 58.1 Å².